The van der Waals surface area contributed by atoms with E-state index in [0.29, 0.717) is 68.7 Å². The molecule has 0 aromatic carbocycles. The van der Waals surface area contributed by atoms with E-state index >= 15 is 0 Å². The molecule has 4 heterocycles. The average molecular weight is 1140 g/mol. The van der Waals surface area contributed by atoms with Gasteiger partial charge in [-0.2, -0.15) is 0 Å². The van der Waals surface area contributed by atoms with Crippen LogP contribution < -0.4 is 32.9 Å². The number of nitrogens with zero attached hydrogens (tertiary/aromatic N) is 4. The molecule has 8 atom stereocenters. The Bertz CT molecular complexity index is 2600. The Morgan fingerprint density at radius 3 is 0.886 bits per heavy atom. The number of hydrogen-bond acceptors (Lipinski definition) is 14. The fourth-order valence-electron chi connectivity index (χ4n) is 14.6. The Balaban J connectivity index is 0.000000252. The number of ether oxygens (including phenoxy) is 4. The first kappa shape index (κ1) is 62.7. The predicted molar refractivity (Wildman–Crippen MR) is 307 cm³/mol. The number of anilines is 2. The van der Waals surface area contributed by atoms with Gasteiger partial charge in [-0.05, 0) is 196 Å². The van der Waals surface area contributed by atoms with E-state index < -0.39 is 23.9 Å². The van der Waals surface area contributed by atoms with Gasteiger partial charge in [0.05, 0.1) is 22.5 Å². The minimum atomic E-state index is -0.448. The van der Waals surface area contributed by atoms with Gasteiger partial charge in [-0.1, -0.05) is 94.7 Å². The minimum Gasteiger partial charge on any atom is -0.494 e. The number of nitrogens with two attached hydrogens (primary N) is 4. The molecule has 0 amide bonds. The summed E-state index contributed by atoms with van der Waals surface area (Å²) >= 11 is 0. The molecular weight excluding hydrogens is 1050 g/mol. The second-order valence-electron chi connectivity index (χ2n) is 25.4. The molecule has 0 spiro atoms. The third kappa shape index (κ3) is 13.6. The molecule has 4 saturated carbocycles. The standard InChI is InChI=1S/2C31H46N4O4.Cu/c2*1-14-9-16(3)26(17(4)10-14)38-30(36)24-20(7)22(34-28(24)32)13-23-21(8)25(29(33)35-23)31(37)39-27-18(5)11-15(2)12-19(27)6;/h2*13-19,26-27H,9-12H2,1-8H3,(H5,32,33,34,35,36,37);/q;;+2/p-2. The van der Waals surface area contributed by atoms with Gasteiger partial charge in [0.15, 0.2) is 0 Å². The summed E-state index contributed by atoms with van der Waals surface area (Å²) < 4.78 is 23.9. The molecule has 0 saturated heterocycles. The molecule has 6 aliphatic rings. The maximum absolute atomic E-state index is 13.2. The van der Waals surface area contributed by atoms with E-state index in [-0.39, 0.29) is 134 Å². The summed E-state index contributed by atoms with van der Waals surface area (Å²) in [5, 5.41) is 0. The van der Waals surface area contributed by atoms with Crippen molar-refractivity contribution in [2.45, 2.75) is 187 Å². The van der Waals surface area contributed by atoms with Crippen LogP contribution in [-0.4, -0.2) is 60.0 Å². The maximum atomic E-state index is 13.2. The van der Waals surface area contributed by atoms with Gasteiger partial charge in [0.2, 0.25) is 0 Å². The van der Waals surface area contributed by atoms with Gasteiger partial charge in [-0.15, -0.1) is 0 Å². The summed E-state index contributed by atoms with van der Waals surface area (Å²) in [6.07, 6.45) is 11.0. The van der Waals surface area contributed by atoms with Gasteiger partial charge < -0.3 is 51.9 Å². The van der Waals surface area contributed by atoms with Crippen molar-refractivity contribution in [1.82, 2.24) is 9.97 Å². The fourth-order valence-corrected chi connectivity index (χ4v) is 14.6. The Hall–Kier alpha value is -5.54. The Morgan fingerprint density at radius 1 is 0.418 bits per heavy atom. The number of amidine groups is 2. The molecule has 2 aromatic rings. The number of carbonyl (C=O) groups is 4. The number of carbonyl (C=O) groups excluding carboxylic acids is 4. The first-order valence-corrected chi connectivity index (χ1v) is 28.8. The average Bonchev–Trinajstić information content (AvgIpc) is 4.03. The Morgan fingerprint density at radius 2 is 0.646 bits per heavy atom. The molecule has 16 nitrogen and oxygen atoms in total. The zero-order chi connectivity index (χ0) is 57.5. The molecule has 1 radical (unpaired) electrons. The van der Waals surface area contributed by atoms with Gasteiger partial charge in [-0.3, -0.25) is 0 Å². The smallest absolute Gasteiger partial charge is 0.494 e. The second kappa shape index (κ2) is 25.5. The van der Waals surface area contributed by atoms with Crippen molar-refractivity contribution in [2.24, 2.45) is 92.5 Å². The first-order valence-electron chi connectivity index (χ1n) is 28.8. The van der Waals surface area contributed by atoms with Gasteiger partial charge in [0, 0.05) is 0 Å². The van der Waals surface area contributed by atoms with Crippen LogP contribution in [0.1, 0.15) is 192 Å². The van der Waals surface area contributed by atoms with Gasteiger partial charge in [-0.25, -0.2) is 29.2 Å². The van der Waals surface area contributed by atoms with E-state index in [0.717, 1.165) is 51.4 Å². The summed E-state index contributed by atoms with van der Waals surface area (Å²) in [4.78, 5) is 70.6. The molecule has 17 heteroatoms. The maximum Gasteiger partial charge on any atom is 2.00 e. The van der Waals surface area contributed by atoms with Crippen molar-refractivity contribution in [2.75, 3.05) is 11.5 Å². The molecule has 2 aliphatic heterocycles. The molecule has 8 N–H and O–H groups in total. The third-order valence-electron chi connectivity index (χ3n) is 18.0. The summed E-state index contributed by atoms with van der Waals surface area (Å²) in [5.74, 6) is 3.42. The van der Waals surface area contributed by atoms with Crippen molar-refractivity contribution in [3.63, 3.8) is 0 Å². The molecule has 2 aromatic heterocycles. The van der Waals surface area contributed by atoms with Crippen LogP contribution in [0.5, 0.6) is 0 Å². The van der Waals surface area contributed by atoms with Crippen molar-refractivity contribution < 1.29 is 55.2 Å². The topological polar surface area (TPSA) is 262 Å². The van der Waals surface area contributed by atoms with E-state index in [2.05, 4.69) is 103 Å². The zero-order valence-corrected chi connectivity index (χ0v) is 50.7. The number of allylic oxidation sites excluding steroid dienone is 2. The first-order chi connectivity index (χ1) is 36.6. The monoisotopic (exact) mass is 1140 g/mol. The van der Waals surface area contributed by atoms with Crippen LogP contribution in [0.4, 0.5) is 11.6 Å². The van der Waals surface area contributed by atoms with Crippen LogP contribution in [-0.2, 0) is 45.6 Å². The van der Waals surface area contributed by atoms with Gasteiger partial charge >= 0.3 is 40.9 Å². The zero-order valence-electron chi connectivity index (χ0n) is 49.7. The molecular formula is C62H90CuN8O8. The normalized spacial score (nSPS) is 33.8. The molecule has 8 rings (SSSR count). The fraction of sp³-hybridized carbons (Fsp3) is 0.645. The van der Waals surface area contributed by atoms with Crippen LogP contribution in [0.2, 0.25) is 0 Å². The Kier molecular flexibility index (Phi) is 20.2. The van der Waals surface area contributed by atoms with Crippen molar-refractivity contribution in [3.8, 4) is 0 Å². The third-order valence-corrected chi connectivity index (χ3v) is 18.0. The van der Waals surface area contributed by atoms with E-state index in [1.54, 1.807) is 39.8 Å². The number of aromatic nitrogens is 2. The molecule has 437 valence electrons. The van der Waals surface area contributed by atoms with E-state index in [9.17, 15) is 19.2 Å². The largest absolute Gasteiger partial charge is 2.00 e. The van der Waals surface area contributed by atoms with Crippen LogP contribution >= 0.6 is 0 Å². The quantitative estimate of drug-likeness (QED) is 0.0980. The van der Waals surface area contributed by atoms with Crippen LogP contribution in [0.3, 0.4) is 0 Å². The minimum absolute atomic E-state index is 0. The molecule has 4 aliphatic carbocycles. The molecule has 8 unspecified atom stereocenters. The predicted octanol–water partition coefficient (Wildman–Crippen LogP) is 10.8. The van der Waals surface area contributed by atoms with Crippen molar-refractivity contribution >= 4 is 59.3 Å². The van der Waals surface area contributed by atoms with Gasteiger partial charge in [0.25, 0.3) is 0 Å². The van der Waals surface area contributed by atoms with Crippen LogP contribution in [0, 0.1) is 84.9 Å². The van der Waals surface area contributed by atoms with Crippen molar-refractivity contribution in [3.05, 3.63) is 67.3 Å². The number of aliphatic imine (C=N–C) groups is 2. The van der Waals surface area contributed by atoms with Crippen LogP contribution in [0.15, 0.2) is 43.7 Å². The number of hydrogen-bond donors (Lipinski definition) is 4. The van der Waals surface area contributed by atoms with Crippen LogP contribution in [0.25, 0.3) is 12.2 Å². The van der Waals surface area contributed by atoms with Crippen molar-refractivity contribution in [1.29, 1.82) is 0 Å². The van der Waals surface area contributed by atoms with E-state index in [1.807, 2.05) is 0 Å². The van der Waals surface area contributed by atoms with E-state index in [4.69, 9.17) is 41.9 Å². The summed E-state index contributed by atoms with van der Waals surface area (Å²) in [6.45, 7) is 33.2. The Labute approximate surface area is 480 Å². The SMILES string of the molecule is CC1=C(C(=O)OC2C(C)CC(C)CC2C)C(N)=N/C1=C\c1[n-]c(N)c(C(=O)OC2C(C)CC(C)CC2C)c1C.CC1=C(C(=O)OC2C(C)CC(C)CC2C)C(N)=N/C1=C\c1[n-]c(N)c(C(=O)OC2C(C)CC(C)CC2C)c1C.[Cu+2]. The number of rotatable bonds is 10. The summed E-state index contributed by atoms with van der Waals surface area (Å²) in [7, 11) is 0. The van der Waals surface area contributed by atoms with E-state index in [1.165, 1.54) is 0 Å². The summed E-state index contributed by atoms with van der Waals surface area (Å²) in [5.41, 5.74) is 30.4. The molecule has 4 fully saturated rings. The second-order valence-corrected chi connectivity index (χ2v) is 25.4. The number of nitrogen functional groups attached to an aromatic ring is 2. The summed E-state index contributed by atoms with van der Waals surface area (Å²) in [6, 6.07) is 0. The number of esters is 4. The van der Waals surface area contributed by atoms with Gasteiger partial charge in [0.1, 0.15) is 47.2 Å². The molecule has 0 bridgehead atoms. The molecule has 79 heavy (non-hydrogen) atoms.